The van der Waals surface area contributed by atoms with E-state index >= 15 is 0 Å². The van der Waals surface area contributed by atoms with Gasteiger partial charge in [-0.2, -0.15) is 0 Å². The van der Waals surface area contributed by atoms with Crippen LogP contribution in [0.5, 0.6) is 0 Å². The largest absolute Gasteiger partial charge is 0.147 e. The third-order valence-corrected chi connectivity index (χ3v) is 5.60. The maximum atomic E-state index is 3.84. The molecule has 0 amide bonds. The first-order chi connectivity index (χ1) is 8.63. The van der Waals surface area contributed by atoms with E-state index in [1.165, 1.54) is 21.6 Å². The van der Waals surface area contributed by atoms with Crippen molar-refractivity contribution in [2.75, 3.05) is 0 Å². The van der Waals surface area contributed by atoms with Gasteiger partial charge >= 0.3 is 0 Å². The Morgan fingerprint density at radius 3 is 2.22 bits per heavy atom. The summed E-state index contributed by atoms with van der Waals surface area (Å²) in [5.74, 6) is 0.598. The van der Waals surface area contributed by atoms with Gasteiger partial charge in [-0.05, 0) is 40.5 Å². The molecule has 1 atom stereocenters. The summed E-state index contributed by atoms with van der Waals surface area (Å²) in [6.07, 6.45) is 1.10. The summed E-state index contributed by atoms with van der Waals surface area (Å²) in [4.78, 5) is 1.77. The monoisotopic (exact) mass is 322 g/mol. The number of halogens is 1. The third kappa shape index (κ3) is 2.86. The molecule has 2 heteroatoms. The average molecular weight is 323 g/mol. The van der Waals surface area contributed by atoms with Gasteiger partial charge in [0.05, 0.1) is 4.83 Å². The van der Waals surface area contributed by atoms with Crippen molar-refractivity contribution >= 4 is 27.3 Å². The molecule has 0 spiro atoms. The van der Waals surface area contributed by atoms with Gasteiger partial charge in [-0.25, -0.2) is 0 Å². The number of thiophene rings is 1. The lowest BCUT2D eigenvalue weighted by Crippen LogP contribution is -1.95. The molecule has 0 radical (unpaired) electrons. The van der Waals surface area contributed by atoms with E-state index in [-0.39, 0.29) is 0 Å². The van der Waals surface area contributed by atoms with E-state index < -0.39 is 0 Å². The first-order valence-electron chi connectivity index (χ1n) is 6.43. The van der Waals surface area contributed by atoms with Crippen molar-refractivity contribution < 1.29 is 0 Å². The standard InChI is InChI=1S/C16H19BrS/c1-4-12-9-10-18-16(12)15(17)14-7-5-13(6-8-14)11(2)3/h5-11,15H,4H2,1-3H3. The molecule has 1 aromatic carbocycles. The lowest BCUT2D eigenvalue weighted by atomic mass is 10.00. The van der Waals surface area contributed by atoms with Gasteiger partial charge in [-0.1, -0.05) is 61.0 Å². The van der Waals surface area contributed by atoms with Crippen LogP contribution < -0.4 is 0 Å². The molecule has 96 valence electrons. The van der Waals surface area contributed by atoms with Crippen LogP contribution in [0.15, 0.2) is 35.7 Å². The Kier molecular flexibility index (Phi) is 4.63. The number of hydrogen-bond acceptors (Lipinski definition) is 1. The predicted octanol–water partition coefficient (Wildman–Crippen LogP) is 5.92. The molecule has 2 aromatic rings. The zero-order chi connectivity index (χ0) is 13.1. The van der Waals surface area contributed by atoms with Crippen LogP contribution in [-0.2, 0) is 6.42 Å². The highest BCUT2D eigenvalue weighted by atomic mass is 79.9. The highest BCUT2D eigenvalue weighted by Gasteiger charge is 2.15. The number of hydrogen-bond donors (Lipinski definition) is 0. The molecule has 0 fully saturated rings. The second kappa shape index (κ2) is 6.03. The SMILES string of the molecule is CCc1ccsc1C(Br)c1ccc(C(C)C)cc1. The molecule has 0 aliphatic heterocycles. The second-order valence-corrected chi connectivity index (χ2v) is 6.71. The Morgan fingerprint density at radius 2 is 1.67 bits per heavy atom. The maximum Gasteiger partial charge on any atom is 0.0740 e. The van der Waals surface area contributed by atoms with Gasteiger partial charge in [0.25, 0.3) is 0 Å². The summed E-state index contributed by atoms with van der Waals surface area (Å²) in [7, 11) is 0. The summed E-state index contributed by atoms with van der Waals surface area (Å²) in [5.41, 5.74) is 4.20. The molecular weight excluding hydrogens is 304 g/mol. The Hall–Kier alpha value is -0.600. The van der Waals surface area contributed by atoms with Crippen molar-refractivity contribution in [1.29, 1.82) is 0 Å². The number of alkyl halides is 1. The third-order valence-electron chi connectivity index (χ3n) is 3.29. The summed E-state index contributed by atoms with van der Waals surface area (Å²) in [6.45, 7) is 6.68. The van der Waals surface area contributed by atoms with Crippen molar-refractivity contribution in [2.24, 2.45) is 0 Å². The van der Waals surface area contributed by atoms with Gasteiger partial charge in [0.2, 0.25) is 0 Å². The molecule has 18 heavy (non-hydrogen) atoms. The molecular formula is C16H19BrS. The molecule has 0 bridgehead atoms. The molecule has 0 nitrogen and oxygen atoms in total. The van der Waals surface area contributed by atoms with Crippen LogP contribution in [0.25, 0.3) is 0 Å². The van der Waals surface area contributed by atoms with E-state index in [1.54, 1.807) is 0 Å². The maximum absolute atomic E-state index is 3.84. The summed E-state index contributed by atoms with van der Waals surface area (Å²) < 4.78 is 0. The van der Waals surface area contributed by atoms with E-state index in [0.717, 1.165) is 6.42 Å². The first kappa shape index (κ1) is 13.8. The molecule has 1 unspecified atom stereocenters. The van der Waals surface area contributed by atoms with E-state index in [4.69, 9.17) is 0 Å². The zero-order valence-corrected chi connectivity index (χ0v) is 13.5. The van der Waals surface area contributed by atoms with Gasteiger partial charge in [0.15, 0.2) is 0 Å². The first-order valence-corrected chi connectivity index (χ1v) is 8.23. The molecule has 0 saturated carbocycles. The molecule has 2 rings (SSSR count). The van der Waals surface area contributed by atoms with Crippen LogP contribution in [0.4, 0.5) is 0 Å². The van der Waals surface area contributed by atoms with E-state index in [2.05, 4.69) is 72.4 Å². The molecule has 1 heterocycles. The average Bonchev–Trinajstić information content (AvgIpc) is 2.86. The molecule has 0 aliphatic rings. The van der Waals surface area contributed by atoms with Gasteiger partial charge in [0.1, 0.15) is 0 Å². The second-order valence-electron chi connectivity index (χ2n) is 4.85. The minimum Gasteiger partial charge on any atom is -0.147 e. The Balaban J connectivity index is 2.26. The topological polar surface area (TPSA) is 0 Å². The van der Waals surface area contributed by atoms with E-state index in [0.29, 0.717) is 10.7 Å². The highest BCUT2D eigenvalue weighted by molar-refractivity contribution is 9.09. The number of rotatable bonds is 4. The van der Waals surface area contributed by atoms with Crippen LogP contribution in [0.2, 0.25) is 0 Å². The van der Waals surface area contributed by atoms with Gasteiger partial charge < -0.3 is 0 Å². The number of benzene rings is 1. The summed E-state index contributed by atoms with van der Waals surface area (Å²) in [6, 6.07) is 11.2. The fourth-order valence-corrected chi connectivity index (χ4v) is 3.98. The van der Waals surface area contributed by atoms with Crippen molar-refractivity contribution in [3.63, 3.8) is 0 Å². The van der Waals surface area contributed by atoms with Gasteiger partial charge in [0, 0.05) is 4.88 Å². The molecule has 0 saturated heterocycles. The van der Waals surface area contributed by atoms with Crippen LogP contribution in [0, 0.1) is 0 Å². The zero-order valence-electron chi connectivity index (χ0n) is 11.1. The van der Waals surface area contributed by atoms with Gasteiger partial charge in [-0.3, -0.25) is 0 Å². The van der Waals surface area contributed by atoms with Gasteiger partial charge in [-0.15, -0.1) is 11.3 Å². The van der Waals surface area contributed by atoms with Crippen LogP contribution in [0.3, 0.4) is 0 Å². The predicted molar refractivity (Wildman–Crippen MR) is 85.0 cm³/mol. The summed E-state index contributed by atoms with van der Waals surface area (Å²) >= 11 is 5.68. The van der Waals surface area contributed by atoms with Crippen LogP contribution in [0.1, 0.15) is 53.1 Å². The fraction of sp³-hybridized carbons (Fsp3) is 0.375. The highest BCUT2D eigenvalue weighted by Crippen LogP contribution is 2.37. The minimum atomic E-state index is 0.327. The van der Waals surface area contributed by atoms with E-state index in [9.17, 15) is 0 Å². The smallest absolute Gasteiger partial charge is 0.0740 e. The molecule has 0 aliphatic carbocycles. The summed E-state index contributed by atoms with van der Waals surface area (Å²) in [5, 5.41) is 2.19. The Morgan fingerprint density at radius 1 is 1.06 bits per heavy atom. The van der Waals surface area contributed by atoms with Crippen molar-refractivity contribution in [3.05, 3.63) is 57.3 Å². The van der Waals surface area contributed by atoms with E-state index in [1.807, 2.05) is 11.3 Å². The lowest BCUT2D eigenvalue weighted by Gasteiger charge is -2.12. The molecule has 1 aromatic heterocycles. The van der Waals surface area contributed by atoms with Crippen LogP contribution >= 0.6 is 27.3 Å². The normalized spacial score (nSPS) is 12.9. The lowest BCUT2D eigenvalue weighted by molar-refractivity contribution is 0.865. The Bertz CT molecular complexity index is 496. The quantitative estimate of drug-likeness (QED) is 0.613. The van der Waals surface area contributed by atoms with Crippen molar-refractivity contribution in [2.45, 2.75) is 37.9 Å². The van der Waals surface area contributed by atoms with Crippen LogP contribution in [-0.4, -0.2) is 0 Å². The minimum absolute atomic E-state index is 0.327. The fourth-order valence-electron chi connectivity index (χ4n) is 2.06. The van der Waals surface area contributed by atoms with Crippen molar-refractivity contribution in [3.8, 4) is 0 Å². The Labute approximate surface area is 122 Å². The van der Waals surface area contributed by atoms with Crippen molar-refractivity contribution in [1.82, 2.24) is 0 Å². The number of aryl methyl sites for hydroxylation is 1. The molecule has 0 N–H and O–H groups in total.